The molecule has 0 radical (unpaired) electrons. The number of nitrogens with two attached hydrogens (primary N) is 1. The highest BCUT2D eigenvalue weighted by Crippen LogP contribution is 2.08. The van der Waals surface area contributed by atoms with Crippen molar-refractivity contribution >= 4 is 35.8 Å². The number of aliphatic imine (C=N–C) groups is 1. The number of amides is 1. The molecule has 7 nitrogen and oxygen atoms in total. The third-order valence-corrected chi connectivity index (χ3v) is 3.77. The summed E-state index contributed by atoms with van der Waals surface area (Å²) in [5.74, 6) is 1.15. The van der Waals surface area contributed by atoms with E-state index >= 15 is 0 Å². The Hall–Kier alpha value is -2.07. The number of furan rings is 1. The minimum Gasteiger partial charge on any atom is -0.454 e. The number of rotatable bonds is 10. The molecular formula is C20H29IN4O3. The zero-order valence-corrected chi connectivity index (χ0v) is 18.6. The van der Waals surface area contributed by atoms with Crippen LogP contribution in [0.2, 0.25) is 0 Å². The molecule has 0 bridgehead atoms. The van der Waals surface area contributed by atoms with E-state index in [4.69, 9.17) is 14.9 Å². The summed E-state index contributed by atoms with van der Waals surface area (Å²) < 4.78 is 11.1. The van der Waals surface area contributed by atoms with Crippen molar-refractivity contribution in [3.05, 3.63) is 59.5 Å². The van der Waals surface area contributed by atoms with Crippen LogP contribution in [0.15, 0.2) is 51.9 Å². The van der Waals surface area contributed by atoms with Gasteiger partial charge in [-0.15, -0.1) is 24.0 Å². The summed E-state index contributed by atoms with van der Waals surface area (Å²) in [7, 11) is 0. The van der Waals surface area contributed by atoms with Gasteiger partial charge in [-0.2, -0.15) is 0 Å². The maximum atomic E-state index is 11.1. The van der Waals surface area contributed by atoms with Crippen LogP contribution >= 0.6 is 24.0 Å². The van der Waals surface area contributed by atoms with E-state index in [-0.39, 0.29) is 29.7 Å². The first-order valence-electron chi connectivity index (χ1n) is 9.10. The van der Waals surface area contributed by atoms with Crippen LogP contribution in [0.25, 0.3) is 0 Å². The minimum atomic E-state index is -0.584. The van der Waals surface area contributed by atoms with Crippen molar-refractivity contribution in [1.82, 2.24) is 10.6 Å². The SMILES string of the molecule is CCNC(=NCc1ccc(C(N)=O)o1)NCC(C)COCc1ccccc1.I. The Kier molecular flexibility index (Phi) is 11.3. The summed E-state index contributed by atoms with van der Waals surface area (Å²) in [6.07, 6.45) is 0. The molecule has 1 aromatic heterocycles. The molecule has 0 saturated heterocycles. The number of nitrogens with zero attached hydrogens (tertiary/aromatic N) is 1. The fraction of sp³-hybridized carbons (Fsp3) is 0.400. The van der Waals surface area contributed by atoms with Crippen LogP contribution in [0.1, 0.15) is 35.7 Å². The molecule has 1 aromatic carbocycles. The van der Waals surface area contributed by atoms with Gasteiger partial charge in [-0.25, -0.2) is 4.99 Å². The van der Waals surface area contributed by atoms with Gasteiger partial charge in [-0.1, -0.05) is 37.3 Å². The van der Waals surface area contributed by atoms with E-state index in [1.807, 2.05) is 25.1 Å². The first-order chi connectivity index (χ1) is 13.1. The number of halogens is 1. The van der Waals surface area contributed by atoms with E-state index in [0.29, 0.717) is 37.4 Å². The highest BCUT2D eigenvalue weighted by molar-refractivity contribution is 14.0. The Morgan fingerprint density at radius 3 is 2.61 bits per heavy atom. The zero-order valence-electron chi connectivity index (χ0n) is 16.3. The minimum absolute atomic E-state index is 0. The summed E-state index contributed by atoms with van der Waals surface area (Å²) >= 11 is 0. The Bertz CT molecular complexity index is 734. The van der Waals surface area contributed by atoms with Gasteiger partial charge >= 0.3 is 0 Å². The molecule has 28 heavy (non-hydrogen) atoms. The van der Waals surface area contributed by atoms with E-state index in [1.54, 1.807) is 12.1 Å². The lowest BCUT2D eigenvalue weighted by Crippen LogP contribution is -2.40. The highest BCUT2D eigenvalue weighted by atomic mass is 127. The quantitative estimate of drug-likeness (QED) is 0.265. The van der Waals surface area contributed by atoms with Crippen LogP contribution in [0, 0.1) is 5.92 Å². The van der Waals surface area contributed by atoms with Gasteiger partial charge in [0.25, 0.3) is 5.91 Å². The number of benzene rings is 1. The maximum absolute atomic E-state index is 11.1. The normalized spacial score (nSPS) is 12.1. The largest absolute Gasteiger partial charge is 0.454 e. The first kappa shape index (κ1) is 24.0. The summed E-state index contributed by atoms with van der Waals surface area (Å²) in [5.41, 5.74) is 6.35. The highest BCUT2D eigenvalue weighted by Gasteiger charge is 2.08. The summed E-state index contributed by atoms with van der Waals surface area (Å²) in [5, 5.41) is 6.48. The van der Waals surface area contributed by atoms with E-state index in [1.165, 1.54) is 5.56 Å². The second-order valence-electron chi connectivity index (χ2n) is 6.31. The molecule has 1 heterocycles. The molecule has 154 valence electrons. The predicted molar refractivity (Wildman–Crippen MR) is 121 cm³/mol. The van der Waals surface area contributed by atoms with E-state index < -0.39 is 5.91 Å². The predicted octanol–water partition coefficient (Wildman–Crippen LogP) is 2.90. The van der Waals surface area contributed by atoms with Gasteiger partial charge in [-0.05, 0) is 30.5 Å². The molecule has 1 amide bonds. The topological polar surface area (TPSA) is 102 Å². The van der Waals surface area contributed by atoms with Crippen molar-refractivity contribution in [2.75, 3.05) is 19.7 Å². The Labute approximate surface area is 183 Å². The zero-order chi connectivity index (χ0) is 19.5. The average molecular weight is 500 g/mol. The van der Waals surface area contributed by atoms with Crippen molar-refractivity contribution in [3.8, 4) is 0 Å². The molecular weight excluding hydrogens is 471 g/mol. The molecule has 1 atom stereocenters. The number of ether oxygens (including phenoxy) is 1. The van der Waals surface area contributed by atoms with Crippen LogP contribution in [-0.2, 0) is 17.9 Å². The van der Waals surface area contributed by atoms with Gasteiger partial charge in [0.15, 0.2) is 11.7 Å². The van der Waals surface area contributed by atoms with Crippen LogP contribution < -0.4 is 16.4 Å². The lowest BCUT2D eigenvalue weighted by atomic mass is 10.2. The monoisotopic (exact) mass is 500 g/mol. The van der Waals surface area contributed by atoms with E-state index in [9.17, 15) is 4.79 Å². The Balaban J connectivity index is 0.00000392. The third kappa shape index (κ3) is 8.75. The molecule has 2 rings (SSSR count). The van der Waals surface area contributed by atoms with Crippen molar-refractivity contribution in [1.29, 1.82) is 0 Å². The smallest absolute Gasteiger partial charge is 0.284 e. The summed E-state index contributed by atoms with van der Waals surface area (Å²) in [4.78, 5) is 15.5. The Morgan fingerprint density at radius 2 is 1.96 bits per heavy atom. The average Bonchev–Trinajstić information content (AvgIpc) is 3.14. The van der Waals surface area contributed by atoms with Gasteiger partial charge < -0.3 is 25.5 Å². The van der Waals surface area contributed by atoms with Crippen molar-refractivity contribution in [3.63, 3.8) is 0 Å². The van der Waals surface area contributed by atoms with Crippen LogP contribution in [-0.4, -0.2) is 31.6 Å². The molecule has 1 unspecified atom stereocenters. The lowest BCUT2D eigenvalue weighted by Gasteiger charge is -2.16. The van der Waals surface area contributed by atoms with Gasteiger partial charge in [-0.3, -0.25) is 4.79 Å². The third-order valence-electron chi connectivity index (χ3n) is 3.77. The molecule has 2 aromatic rings. The van der Waals surface area contributed by atoms with Crippen molar-refractivity contribution < 1.29 is 13.9 Å². The fourth-order valence-electron chi connectivity index (χ4n) is 2.38. The van der Waals surface area contributed by atoms with Gasteiger partial charge in [0, 0.05) is 13.1 Å². The van der Waals surface area contributed by atoms with Crippen LogP contribution in [0.5, 0.6) is 0 Å². The Morgan fingerprint density at radius 1 is 1.21 bits per heavy atom. The molecule has 0 fully saturated rings. The number of carbonyl (C=O) groups excluding carboxylic acids is 1. The van der Waals surface area contributed by atoms with Crippen molar-refractivity contribution in [2.24, 2.45) is 16.6 Å². The molecule has 0 aliphatic rings. The molecule has 0 spiro atoms. The maximum Gasteiger partial charge on any atom is 0.284 e. The van der Waals surface area contributed by atoms with Crippen LogP contribution in [0.3, 0.4) is 0 Å². The molecule has 0 saturated carbocycles. The summed E-state index contributed by atoms with van der Waals surface area (Å²) in [6.45, 7) is 7.18. The molecule has 0 aliphatic carbocycles. The van der Waals surface area contributed by atoms with Gasteiger partial charge in [0.05, 0.1) is 13.2 Å². The van der Waals surface area contributed by atoms with E-state index in [2.05, 4.69) is 34.7 Å². The van der Waals surface area contributed by atoms with E-state index in [0.717, 1.165) is 13.1 Å². The number of guanidine groups is 1. The first-order valence-corrected chi connectivity index (χ1v) is 9.10. The van der Waals surface area contributed by atoms with Gasteiger partial charge in [0.2, 0.25) is 0 Å². The summed E-state index contributed by atoms with van der Waals surface area (Å²) in [6, 6.07) is 13.4. The molecule has 4 N–H and O–H groups in total. The molecule has 8 heteroatoms. The van der Waals surface area contributed by atoms with Crippen LogP contribution in [0.4, 0.5) is 0 Å². The number of hydrogen-bond donors (Lipinski definition) is 3. The number of nitrogens with one attached hydrogen (secondary N) is 2. The number of hydrogen-bond acceptors (Lipinski definition) is 4. The second-order valence-corrected chi connectivity index (χ2v) is 6.31. The fourth-order valence-corrected chi connectivity index (χ4v) is 2.38. The lowest BCUT2D eigenvalue weighted by molar-refractivity contribution is 0.0931. The standard InChI is InChI=1S/C20H28N4O3.HI/c1-3-22-20(24-12-17-9-10-18(27-17)19(21)25)23-11-15(2)13-26-14-16-7-5-4-6-8-16;/h4-10,15H,3,11-14H2,1-2H3,(H2,21,25)(H2,22,23,24);1H. The molecule has 0 aliphatic heterocycles. The van der Waals surface area contributed by atoms with Gasteiger partial charge in [0.1, 0.15) is 12.3 Å². The number of carbonyl (C=O) groups is 1. The van der Waals surface area contributed by atoms with Crippen molar-refractivity contribution in [2.45, 2.75) is 27.0 Å². The number of primary amides is 1. The second kappa shape index (κ2) is 13.2.